The van der Waals surface area contributed by atoms with Crippen molar-refractivity contribution >= 4 is 5.97 Å². The molecule has 1 atom stereocenters. The van der Waals surface area contributed by atoms with Crippen molar-refractivity contribution in [1.29, 1.82) is 0 Å². The highest BCUT2D eigenvalue weighted by Gasteiger charge is 2.28. The lowest BCUT2D eigenvalue weighted by molar-refractivity contribution is -0.142. The smallest absolute Gasteiger partial charge is 0.306 e. The molecule has 0 spiro atoms. The molecule has 4 heteroatoms. The first-order chi connectivity index (χ1) is 7.50. The zero-order valence-corrected chi connectivity index (χ0v) is 10.0. The lowest BCUT2D eigenvalue weighted by Crippen LogP contribution is -2.22. The molecule has 1 aromatic rings. The van der Waals surface area contributed by atoms with Gasteiger partial charge in [-0.1, -0.05) is 13.8 Å². The van der Waals surface area contributed by atoms with Gasteiger partial charge in [0.25, 0.3) is 0 Å². The molecule has 1 heterocycles. The molecule has 0 aliphatic heterocycles. The van der Waals surface area contributed by atoms with Gasteiger partial charge in [-0.15, -0.1) is 0 Å². The highest BCUT2D eigenvalue weighted by atomic mass is 16.4. The van der Waals surface area contributed by atoms with Crippen molar-refractivity contribution < 1.29 is 9.90 Å². The lowest BCUT2D eigenvalue weighted by Gasteiger charge is -2.18. The second kappa shape index (κ2) is 3.92. The average molecular weight is 222 g/mol. The molecule has 4 nitrogen and oxygen atoms in total. The van der Waals surface area contributed by atoms with Crippen LogP contribution in [0.25, 0.3) is 0 Å². The molecule has 0 bridgehead atoms. The minimum atomic E-state index is -0.692. The van der Waals surface area contributed by atoms with Gasteiger partial charge in [-0.3, -0.25) is 4.79 Å². The summed E-state index contributed by atoms with van der Waals surface area (Å²) in [5, 5.41) is 9.01. The maximum Gasteiger partial charge on any atom is 0.306 e. The Kier molecular flexibility index (Phi) is 2.74. The largest absolute Gasteiger partial charge is 0.481 e. The van der Waals surface area contributed by atoms with E-state index in [4.69, 9.17) is 5.11 Å². The van der Waals surface area contributed by atoms with Crippen LogP contribution in [0.2, 0.25) is 0 Å². The molecule has 0 saturated heterocycles. The Balaban J connectivity index is 2.33. The van der Waals surface area contributed by atoms with Crippen molar-refractivity contribution in [3.63, 3.8) is 0 Å². The van der Waals surface area contributed by atoms with E-state index in [9.17, 15) is 4.79 Å². The Bertz CT molecular complexity index is 421. The number of hydrogen-bond acceptors (Lipinski definition) is 2. The third kappa shape index (κ3) is 1.72. The van der Waals surface area contributed by atoms with Crippen molar-refractivity contribution in [2.45, 2.75) is 39.0 Å². The number of hydrogen-bond donors (Lipinski definition) is 1. The zero-order chi connectivity index (χ0) is 11.9. The molecular weight excluding hydrogens is 204 g/mol. The Morgan fingerprint density at radius 3 is 2.81 bits per heavy atom. The molecule has 16 heavy (non-hydrogen) atoms. The first kappa shape index (κ1) is 11.2. The predicted octanol–water partition coefficient (Wildman–Crippen LogP) is 1.73. The summed E-state index contributed by atoms with van der Waals surface area (Å²) >= 11 is 0. The van der Waals surface area contributed by atoms with E-state index in [0.29, 0.717) is 12.3 Å². The highest BCUT2D eigenvalue weighted by Crippen LogP contribution is 2.27. The molecule has 0 saturated carbocycles. The number of carboxylic acid groups (broad SMARTS) is 1. The van der Waals surface area contributed by atoms with E-state index < -0.39 is 5.97 Å². The van der Waals surface area contributed by atoms with Crippen LogP contribution in [0.1, 0.15) is 43.4 Å². The molecule has 1 aliphatic rings. The third-order valence-electron chi connectivity index (χ3n) is 3.37. The fraction of sp³-hybridized carbons (Fsp3) is 0.667. The molecule has 1 aliphatic carbocycles. The van der Waals surface area contributed by atoms with Gasteiger partial charge >= 0.3 is 5.97 Å². The van der Waals surface area contributed by atoms with Gasteiger partial charge in [0.15, 0.2) is 0 Å². The highest BCUT2D eigenvalue weighted by molar-refractivity contribution is 5.70. The third-order valence-corrected chi connectivity index (χ3v) is 3.37. The Morgan fingerprint density at radius 2 is 2.25 bits per heavy atom. The quantitative estimate of drug-likeness (QED) is 0.829. The maximum atomic E-state index is 11.0. The standard InChI is InChI=1S/C12H18N2O2/c1-7(2)11-13-9-6-8(12(15)16)4-5-10(9)14(11)3/h7-8H,4-6H2,1-3H3,(H,15,16). The molecule has 0 fully saturated rings. The molecule has 1 unspecified atom stereocenters. The minimum Gasteiger partial charge on any atom is -0.481 e. The van der Waals surface area contributed by atoms with E-state index in [1.165, 1.54) is 5.69 Å². The molecule has 0 aromatic carbocycles. The zero-order valence-electron chi connectivity index (χ0n) is 10.0. The molecule has 1 aromatic heterocycles. The Morgan fingerprint density at radius 1 is 1.56 bits per heavy atom. The van der Waals surface area contributed by atoms with Crippen molar-refractivity contribution in [3.05, 3.63) is 17.2 Å². The first-order valence-electron chi connectivity index (χ1n) is 5.78. The van der Waals surface area contributed by atoms with Gasteiger partial charge in [0.05, 0.1) is 11.6 Å². The summed E-state index contributed by atoms with van der Waals surface area (Å²) in [6.07, 6.45) is 2.16. The van der Waals surface area contributed by atoms with Crippen LogP contribution in [-0.4, -0.2) is 20.6 Å². The molecule has 2 rings (SSSR count). The van der Waals surface area contributed by atoms with Gasteiger partial charge in [0.1, 0.15) is 5.82 Å². The minimum absolute atomic E-state index is 0.248. The van der Waals surface area contributed by atoms with Gasteiger partial charge in [0.2, 0.25) is 0 Å². The molecule has 0 radical (unpaired) electrons. The molecular formula is C12H18N2O2. The number of aromatic nitrogens is 2. The first-order valence-corrected chi connectivity index (χ1v) is 5.78. The molecule has 0 amide bonds. The molecule has 88 valence electrons. The summed E-state index contributed by atoms with van der Waals surface area (Å²) in [5.74, 6) is 0.514. The summed E-state index contributed by atoms with van der Waals surface area (Å²) in [6.45, 7) is 4.23. The van der Waals surface area contributed by atoms with E-state index in [2.05, 4.69) is 23.4 Å². The van der Waals surface area contributed by atoms with Crippen molar-refractivity contribution in [1.82, 2.24) is 9.55 Å². The number of imidazole rings is 1. The number of carboxylic acids is 1. The Hall–Kier alpha value is -1.32. The SMILES string of the molecule is CC(C)c1nc2c(n1C)CCC(C(=O)O)C2. The van der Waals surface area contributed by atoms with E-state index in [-0.39, 0.29) is 5.92 Å². The van der Waals surface area contributed by atoms with E-state index in [1.54, 1.807) is 0 Å². The second-order valence-corrected chi connectivity index (χ2v) is 4.86. The topological polar surface area (TPSA) is 55.1 Å². The van der Waals surface area contributed by atoms with Crippen LogP contribution < -0.4 is 0 Å². The number of aliphatic carboxylic acids is 1. The summed E-state index contributed by atoms with van der Waals surface area (Å²) in [5.41, 5.74) is 2.21. The van der Waals surface area contributed by atoms with Crippen molar-refractivity contribution in [2.75, 3.05) is 0 Å². The summed E-state index contributed by atoms with van der Waals surface area (Å²) in [4.78, 5) is 15.5. The van der Waals surface area contributed by atoms with Crippen LogP contribution in [-0.2, 0) is 24.7 Å². The summed E-state index contributed by atoms with van der Waals surface area (Å²) in [6, 6.07) is 0. The number of fused-ring (bicyclic) bond motifs is 1. The fourth-order valence-corrected chi connectivity index (χ4v) is 2.46. The van der Waals surface area contributed by atoms with Gasteiger partial charge in [-0.25, -0.2) is 4.98 Å². The average Bonchev–Trinajstić information content (AvgIpc) is 2.55. The Labute approximate surface area is 95.3 Å². The van der Waals surface area contributed by atoms with Gasteiger partial charge in [0, 0.05) is 25.1 Å². The fourth-order valence-electron chi connectivity index (χ4n) is 2.46. The van der Waals surface area contributed by atoms with E-state index in [1.807, 2.05) is 7.05 Å². The lowest BCUT2D eigenvalue weighted by atomic mass is 9.90. The second-order valence-electron chi connectivity index (χ2n) is 4.86. The van der Waals surface area contributed by atoms with E-state index in [0.717, 1.165) is 24.4 Å². The maximum absolute atomic E-state index is 11.0. The number of nitrogens with zero attached hydrogens (tertiary/aromatic N) is 2. The van der Waals surface area contributed by atoms with E-state index >= 15 is 0 Å². The van der Waals surface area contributed by atoms with Crippen LogP contribution >= 0.6 is 0 Å². The van der Waals surface area contributed by atoms with Crippen LogP contribution in [0.4, 0.5) is 0 Å². The normalized spacial score (nSPS) is 19.9. The van der Waals surface area contributed by atoms with Crippen molar-refractivity contribution in [3.8, 4) is 0 Å². The van der Waals surface area contributed by atoms with Gasteiger partial charge in [-0.05, 0) is 12.8 Å². The van der Waals surface area contributed by atoms with Crippen LogP contribution in [0.5, 0.6) is 0 Å². The van der Waals surface area contributed by atoms with Crippen LogP contribution in [0.3, 0.4) is 0 Å². The van der Waals surface area contributed by atoms with Crippen molar-refractivity contribution in [2.24, 2.45) is 13.0 Å². The predicted molar refractivity (Wildman–Crippen MR) is 60.4 cm³/mol. The number of rotatable bonds is 2. The summed E-state index contributed by atoms with van der Waals surface area (Å²) < 4.78 is 2.14. The van der Waals surface area contributed by atoms with Gasteiger partial charge in [-0.2, -0.15) is 0 Å². The van der Waals surface area contributed by atoms with Crippen LogP contribution in [0, 0.1) is 5.92 Å². The monoisotopic (exact) mass is 222 g/mol. The molecule has 1 N–H and O–H groups in total. The number of carbonyl (C=O) groups is 1. The van der Waals surface area contributed by atoms with Gasteiger partial charge < -0.3 is 9.67 Å². The van der Waals surface area contributed by atoms with Crippen LogP contribution in [0.15, 0.2) is 0 Å². The summed E-state index contributed by atoms with van der Waals surface area (Å²) in [7, 11) is 2.03.